The van der Waals surface area contributed by atoms with Gasteiger partial charge in [-0.25, -0.2) is 4.98 Å². The zero-order valence-electron chi connectivity index (χ0n) is 19.1. The van der Waals surface area contributed by atoms with Crippen LogP contribution < -0.4 is 5.56 Å². The Morgan fingerprint density at radius 1 is 1.15 bits per heavy atom. The summed E-state index contributed by atoms with van der Waals surface area (Å²) < 4.78 is 13.2. The Balaban J connectivity index is 1.32. The molecule has 6 rings (SSSR count). The SMILES string of the molecule is Cc1ccc(-c2noc(CSc3nc4sc5c(c4c(=O)n3CC3CCCO3)CCCC5)n2)cc1. The quantitative estimate of drug-likeness (QED) is 0.270. The molecule has 4 aromatic rings. The number of hydrogen-bond donors (Lipinski definition) is 0. The summed E-state index contributed by atoms with van der Waals surface area (Å²) in [5.74, 6) is 1.54. The van der Waals surface area contributed by atoms with Gasteiger partial charge in [-0.3, -0.25) is 9.36 Å². The first-order valence-corrected chi connectivity index (χ1v) is 13.6. The molecule has 7 nitrogen and oxygen atoms in total. The summed E-state index contributed by atoms with van der Waals surface area (Å²) in [5, 5.41) is 5.66. The minimum atomic E-state index is 0.0577. The number of hydrogen-bond acceptors (Lipinski definition) is 8. The molecule has 1 aliphatic heterocycles. The summed E-state index contributed by atoms with van der Waals surface area (Å²) in [7, 11) is 0. The molecule has 4 heterocycles. The van der Waals surface area contributed by atoms with Crippen LogP contribution in [-0.2, 0) is 29.9 Å². The summed E-state index contributed by atoms with van der Waals surface area (Å²) in [4.78, 5) is 25.4. The minimum Gasteiger partial charge on any atom is -0.376 e. The van der Waals surface area contributed by atoms with Gasteiger partial charge in [0.1, 0.15) is 4.83 Å². The van der Waals surface area contributed by atoms with Gasteiger partial charge < -0.3 is 9.26 Å². The topological polar surface area (TPSA) is 83.0 Å². The van der Waals surface area contributed by atoms with Crippen LogP contribution in [0.25, 0.3) is 21.6 Å². The Kier molecular flexibility index (Phi) is 6.01. The molecule has 0 saturated carbocycles. The van der Waals surface area contributed by atoms with Gasteiger partial charge in [0, 0.05) is 17.0 Å². The Morgan fingerprint density at radius 3 is 2.82 bits per heavy atom. The zero-order valence-corrected chi connectivity index (χ0v) is 20.7. The molecular weight excluding hydrogens is 468 g/mol. The fourth-order valence-corrected chi connectivity index (χ4v) is 6.89. The fourth-order valence-electron chi connectivity index (χ4n) is 4.74. The van der Waals surface area contributed by atoms with E-state index in [4.69, 9.17) is 14.2 Å². The van der Waals surface area contributed by atoms with Gasteiger partial charge in [-0.15, -0.1) is 11.3 Å². The maximum Gasteiger partial charge on any atom is 0.263 e. The van der Waals surface area contributed by atoms with Crippen molar-refractivity contribution in [3.05, 3.63) is 56.5 Å². The number of rotatable bonds is 6. The molecule has 9 heteroatoms. The van der Waals surface area contributed by atoms with Crippen molar-refractivity contribution in [3.63, 3.8) is 0 Å². The maximum atomic E-state index is 13.7. The minimum absolute atomic E-state index is 0.0577. The normalized spacial score (nSPS) is 18.0. The fraction of sp³-hybridized carbons (Fsp3) is 0.440. The van der Waals surface area contributed by atoms with Crippen molar-refractivity contribution in [1.29, 1.82) is 0 Å². The van der Waals surface area contributed by atoms with Crippen molar-refractivity contribution in [3.8, 4) is 11.4 Å². The van der Waals surface area contributed by atoms with Gasteiger partial charge in [-0.05, 0) is 51.0 Å². The molecule has 1 aromatic carbocycles. The van der Waals surface area contributed by atoms with E-state index in [1.54, 1.807) is 11.3 Å². The van der Waals surface area contributed by atoms with E-state index in [9.17, 15) is 4.79 Å². The van der Waals surface area contributed by atoms with E-state index in [0.29, 0.717) is 29.2 Å². The third kappa shape index (κ3) is 4.21. The van der Waals surface area contributed by atoms with Crippen molar-refractivity contribution >= 4 is 33.3 Å². The van der Waals surface area contributed by atoms with Crippen LogP contribution in [0.2, 0.25) is 0 Å². The molecule has 1 saturated heterocycles. The Labute approximate surface area is 205 Å². The molecule has 0 amide bonds. The molecule has 1 aliphatic carbocycles. The predicted molar refractivity (Wildman–Crippen MR) is 134 cm³/mol. The average molecular weight is 495 g/mol. The molecule has 2 aliphatic rings. The van der Waals surface area contributed by atoms with E-state index in [1.165, 1.54) is 34.2 Å². The second-order valence-electron chi connectivity index (χ2n) is 9.00. The number of nitrogens with zero attached hydrogens (tertiary/aromatic N) is 4. The molecule has 1 fully saturated rings. The number of ether oxygens (including phenoxy) is 1. The van der Waals surface area contributed by atoms with Crippen LogP contribution in [0.5, 0.6) is 0 Å². The van der Waals surface area contributed by atoms with Crippen LogP contribution in [0.15, 0.2) is 38.7 Å². The lowest BCUT2D eigenvalue weighted by molar-refractivity contribution is 0.0937. The van der Waals surface area contributed by atoms with Gasteiger partial charge in [0.05, 0.1) is 23.8 Å². The highest BCUT2D eigenvalue weighted by atomic mass is 32.2. The van der Waals surface area contributed by atoms with E-state index < -0.39 is 0 Å². The van der Waals surface area contributed by atoms with Crippen LogP contribution in [0, 0.1) is 6.92 Å². The summed E-state index contributed by atoms with van der Waals surface area (Å²) in [6, 6.07) is 8.04. The Bertz CT molecular complexity index is 1380. The van der Waals surface area contributed by atoms with Crippen molar-refractivity contribution in [1.82, 2.24) is 19.7 Å². The number of aromatic nitrogens is 4. The molecule has 1 atom stereocenters. The van der Waals surface area contributed by atoms with Gasteiger partial charge in [-0.2, -0.15) is 4.98 Å². The van der Waals surface area contributed by atoms with Gasteiger partial charge in [0.25, 0.3) is 5.56 Å². The lowest BCUT2D eigenvalue weighted by atomic mass is 9.97. The lowest BCUT2D eigenvalue weighted by Gasteiger charge is -2.16. The van der Waals surface area contributed by atoms with E-state index in [2.05, 4.69) is 10.1 Å². The summed E-state index contributed by atoms with van der Waals surface area (Å²) in [6.07, 6.45) is 6.42. The van der Waals surface area contributed by atoms with Crippen molar-refractivity contribution < 1.29 is 9.26 Å². The molecule has 0 spiro atoms. The van der Waals surface area contributed by atoms with Crippen molar-refractivity contribution in [2.45, 2.75) is 69.0 Å². The number of fused-ring (bicyclic) bond motifs is 3. The standard InChI is InChI=1S/C25H26N4O3S2/c1-15-8-10-16(11-9-15)22-26-20(32-28-22)14-33-25-27-23-21(18-6-2-3-7-19(18)34-23)24(30)29(25)13-17-5-4-12-31-17/h8-11,17H,2-7,12-14H2,1H3. The predicted octanol–water partition coefficient (Wildman–Crippen LogP) is 5.17. The van der Waals surface area contributed by atoms with Gasteiger partial charge in [0.2, 0.25) is 11.7 Å². The second-order valence-corrected chi connectivity index (χ2v) is 11.0. The highest BCUT2D eigenvalue weighted by Crippen LogP contribution is 2.35. The molecule has 176 valence electrons. The van der Waals surface area contributed by atoms with E-state index >= 15 is 0 Å². The highest BCUT2D eigenvalue weighted by Gasteiger charge is 2.25. The molecule has 0 bridgehead atoms. The van der Waals surface area contributed by atoms with Crippen LogP contribution in [0.3, 0.4) is 0 Å². The van der Waals surface area contributed by atoms with Crippen molar-refractivity contribution in [2.75, 3.05) is 6.61 Å². The summed E-state index contributed by atoms with van der Waals surface area (Å²) >= 11 is 3.16. The summed E-state index contributed by atoms with van der Waals surface area (Å²) in [5.41, 5.74) is 3.39. The zero-order chi connectivity index (χ0) is 23.1. The van der Waals surface area contributed by atoms with Crippen LogP contribution >= 0.6 is 23.1 Å². The monoisotopic (exact) mass is 494 g/mol. The summed E-state index contributed by atoms with van der Waals surface area (Å²) in [6.45, 7) is 3.34. The maximum absolute atomic E-state index is 13.7. The molecule has 0 N–H and O–H groups in total. The number of aryl methyl sites for hydroxylation is 3. The molecule has 3 aromatic heterocycles. The average Bonchev–Trinajstić information content (AvgIpc) is 3.60. The van der Waals surface area contributed by atoms with Crippen LogP contribution in [0.1, 0.15) is 47.6 Å². The largest absolute Gasteiger partial charge is 0.376 e. The van der Waals surface area contributed by atoms with Gasteiger partial charge in [-0.1, -0.05) is 46.7 Å². The lowest BCUT2D eigenvalue weighted by Crippen LogP contribution is -2.29. The number of thioether (sulfide) groups is 1. The first-order chi connectivity index (χ1) is 16.7. The third-order valence-corrected chi connectivity index (χ3v) is 8.70. The van der Waals surface area contributed by atoms with Gasteiger partial charge >= 0.3 is 0 Å². The van der Waals surface area contributed by atoms with E-state index in [0.717, 1.165) is 54.5 Å². The molecule has 0 radical (unpaired) electrons. The van der Waals surface area contributed by atoms with Crippen molar-refractivity contribution in [2.24, 2.45) is 0 Å². The first-order valence-electron chi connectivity index (χ1n) is 11.8. The molecule has 34 heavy (non-hydrogen) atoms. The van der Waals surface area contributed by atoms with E-state index in [1.807, 2.05) is 35.8 Å². The highest BCUT2D eigenvalue weighted by molar-refractivity contribution is 7.98. The third-order valence-electron chi connectivity index (χ3n) is 6.55. The molecule has 1 unspecified atom stereocenters. The smallest absolute Gasteiger partial charge is 0.263 e. The Morgan fingerprint density at radius 2 is 2.00 bits per heavy atom. The number of thiophene rings is 1. The van der Waals surface area contributed by atoms with Gasteiger partial charge in [0.15, 0.2) is 5.16 Å². The number of benzene rings is 1. The van der Waals surface area contributed by atoms with E-state index in [-0.39, 0.29) is 11.7 Å². The first kappa shape index (κ1) is 22.0. The van der Waals surface area contributed by atoms with Crippen LogP contribution in [-0.4, -0.2) is 32.4 Å². The second kappa shape index (κ2) is 9.28. The van der Waals surface area contributed by atoms with Crippen LogP contribution in [0.4, 0.5) is 0 Å². The molecular formula is C25H26N4O3S2. The Hall–Kier alpha value is -2.49.